The number of hydrogen-bond donors (Lipinski definition) is 2. The smallest absolute Gasteiger partial charge is 0.285 e. The molecule has 2 aromatic rings. The summed E-state index contributed by atoms with van der Waals surface area (Å²) >= 11 is 0. The number of amides is 1. The van der Waals surface area contributed by atoms with Gasteiger partial charge in [0.15, 0.2) is 5.84 Å². The number of carbonyl (C=O) groups excluding carboxylic acids is 1. The Morgan fingerprint density at radius 3 is 2.39 bits per heavy atom. The molecule has 1 amide bonds. The highest BCUT2D eigenvalue weighted by atomic mass is 32.2. The van der Waals surface area contributed by atoms with Crippen LogP contribution < -0.4 is 10.2 Å². The van der Waals surface area contributed by atoms with Crippen molar-refractivity contribution in [2.45, 2.75) is 18.0 Å². The zero-order chi connectivity index (χ0) is 20.3. The third kappa shape index (κ3) is 4.58. The first-order valence-corrected chi connectivity index (χ1v) is 10.5. The Morgan fingerprint density at radius 1 is 1.07 bits per heavy atom. The van der Waals surface area contributed by atoms with E-state index in [1.807, 2.05) is 12.1 Å². The standard InChI is InChI=1S/C20H24N4O3S/c1-23(2)13-16-10-8-15(9-11-16)12-21-19(25)14-24(3)20-17-6-4-5-7-18(17)28(26,27)22-20/h4-11H,12-14H2,1-3H3,(H,21,25)/p+1. The number of hydrogen-bond acceptors (Lipinski definition) is 4. The Balaban J connectivity index is 1.58. The van der Waals surface area contributed by atoms with Gasteiger partial charge in [-0.2, -0.15) is 8.42 Å². The number of amidine groups is 1. The molecule has 0 spiro atoms. The maximum Gasteiger partial charge on any atom is 0.285 e. The van der Waals surface area contributed by atoms with E-state index in [0.717, 1.165) is 12.1 Å². The van der Waals surface area contributed by atoms with E-state index in [1.54, 1.807) is 30.1 Å². The molecule has 0 fully saturated rings. The fraction of sp³-hybridized carbons (Fsp3) is 0.300. The molecule has 0 atom stereocenters. The van der Waals surface area contributed by atoms with Crippen molar-refractivity contribution < 1.29 is 18.1 Å². The number of sulfonamides is 1. The summed E-state index contributed by atoms with van der Waals surface area (Å²) in [5, 5.41) is 2.87. The second-order valence-corrected chi connectivity index (χ2v) is 8.79. The molecule has 3 rings (SSSR count). The van der Waals surface area contributed by atoms with Crippen molar-refractivity contribution in [3.05, 3.63) is 65.2 Å². The Morgan fingerprint density at radius 2 is 1.71 bits per heavy atom. The average molecular weight is 402 g/mol. The van der Waals surface area contributed by atoms with E-state index in [4.69, 9.17) is 0 Å². The van der Waals surface area contributed by atoms with Crippen LogP contribution in [0, 0.1) is 0 Å². The lowest BCUT2D eigenvalue weighted by Gasteiger charge is -2.18. The molecule has 2 aromatic carbocycles. The third-order valence-corrected chi connectivity index (χ3v) is 5.75. The third-order valence-electron chi connectivity index (χ3n) is 4.43. The molecule has 0 aliphatic carbocycles. The number of fused-ring (bicyclic) bond motifs is 1. The van der Waals surface area contributed by atoms with Gasteiger partial charge in [-0.15, -0.1) is 4.40 Å². The largest absolute Gasteiger partial charge is 0.350 e. The van der Waals surface area contributed by atoms with Crippen molar-refractivity contribution in [1.82, 2.24) is 10.2 Å². The van der Waals surface area contributed by atoms with Crippen LogP contribution >= 0.6 is 0 Å². The number of rotatable bonds is 6. The maximum atomic E-state index is 12.3. The molecule has 0 saturated heterocycles. The quantitative estimate of drug-likeness (QED) is 0.715. The van der Waals surface area contributed by atoms with Gasteiger partial charge in [-0.05, 0) is 17.7 Å². The second kappa shape index (κ2) is 8.12. The van der Waals surface area contributed by atoms with Gasteiger partial charge in [0.2, 0.25) is 5.91 Å². The van der Waals surface area contributed by atoms with Gasteiger partial charge in [0, 0.05) is 24.7 Å². The number of carbonyl (C=O) groups is 1. The summed E-state index contributed by atoms with van der Waals surface area (Å²) in [6.07, 6.45) is 0. The molecule has 8 heteroatoms. The molecule has 1 aliphatic rings. The van der Waals surface area contributed by atoms with Crippen molar-refractivity contribution in [2.24, 2.45) is 4.40 Å². The van der Waals surface area contributed by atoms with E-state index in [2.05, 4.69) is 35.9 Å². The fourth-order valence-corrected chi connectivity index (χ4v) is 4.35. The van der Waals surface area contributed by atoms with Crippen LogP contribution in [0.2, 0.25) is 0 Å². The topological polar surface area (TPSA) is 83.3 Å². The Kier molecular flexibility index (Phi) is 5.81. The van der Waals surface area contributed by atoms with Crippen molar-refractivity contribution in [3.8, 4) is 0 Å². The minimum atomic E-state index is -3.69. The maximum absolute atomic E-state index is 12.3. The summed E-state index contributed by atoms with van der Waals surface area (Å²) in [6.45, 7) is 1.39. The summed E-state index contributed by atoms with van der Waals surface area (Å²) in [7, 11) is 2.17. The van der Waals surface area contributed by atoms with E-state index in [0.29, 0.717) is 17.9 Å². The van der Waals surface area contributed by atoms with Crippen molar-refractivity contribution >= 4 is 21.8 Å². The van der Waals surface area contributed by atoms with E-state index in [9.17, 15) is 13.2 Å². The monoisotopic (exact) mass is 401 g/mol. The van der Waals surface area contributed by atoms with Crippen LogP contribution in [0.4, 0.5) is 0 Å². The van der Waals surface area contributed by atoms with Gasteiger partial charge < -0.3 is 15.1 Å². The lowest BCUT2D eigenvalue weighted by atomic mass is 10.1. The summed E-state index contributed by atoms with van der Waals surface area (Å²) in [4.78, 5) is 15.4. The van der Waals surface area contributed by atoms with Crippen LogP contribution in [0.5, 0.6) is 0 Å². The van der Waals surface area contributed by atoms with Crippen LogP contribution in [-0.2, 0) is 27.9 Å². The van der Waals surface area contributed by atoms with Crippen LogP contribution in [0.25, 0.3) is 0 Å². The van der Waals surface area contributed by atoms with Crippen LogP contribution in [0.15, 0.2) is 57.8 Å². The predicted octanol–water partition coefficient (Wildman–Crippen LogP) is 0.0282. The first kappa shape index (κ1) is 20.0. The van der Waals surface area contributed by atoms with Gasteiger partial charge in [0.25, 0.3) is 10.0 Å². The molecule has 148 valence electrons. The molecular weight excluding hydrogens is 376 g/mol. The molecule has 28 heavy (non-hydrogen) atoms. The molecule has 1 aliphatic heterocycles. The van der Waals surface area contributed by atoms with E-state index < -0.39 is 10.0 Å². The zero-order valence-electron chi connectivity index (χ0n) is 16.3. The van der Waals surface area contributed by atoms with E-state index in [-0.39, 0.29) is 17.3 Å². The van der Waals surface area contributed by atoms with Gasteiger partial charge in [-0.3, -0.25) is 4.79 Å². The van der Waals surface area contributed by atoms with Crippen molar-refractivity contribution in [3.63, 3.8) is 0 Å². The highest BCUT2D eigenvalue weighted by Gasteiger charge is 2.30. The lowest BCUT2D eigenvalue weighted by molar-refractivity contribution is -0.872. The van der Waals surface area contributed by atoms with Crippen molar-refractivity contribution in [2.75, 3.05) is 27.7 Å². The van der Waals surface area contributed by atoms with Gasteiger partial charge in [-0.25, -0.2) is 0 Å². The number of benzene rings is 2. The molecule has 2 N–H and O–H groups in total. The highest BCUT2D eigenvalue weighted by molar-refractivity contribution is 7.90. The number of nitrogens with one attached hydrogen (secondary N) is 2. The van der Waals surface area contributed by atoms with E-state index >= 15 is 0 Å². The predicted molar refractivity (Wildman–Crippen MR) is 108 cm³/mol. The Bertz CT molecular complexity index is 998. The molecule has 0 unspecified atom stereocenters. The lowest BCUT2D eigenvalue weighted by Crippen LogP contribution is -3.04. The molecule has 0 bridgehead atoms. The van der Waals surface area contributed by atoms with Gasteiger partial charge in [0.05, 0.1) is 20.6 Å². The molecule has 0 aromatic heterocycles. The average Bonchev–Trinajstić information content (AvgIpc) is 2.92. The highest BCUT2D eigenvalue weighted by Crippen LogP contribution is 2.26. The summed E-state index contributed by atoms with van der Waals surface area (Å²) in [6, 6.07) is 14.8. The van der Waals surface area contributed by atoms with Crippen LogP contribution in [-0.4, -0.2) is 52.7 Å². The van der Waals surface area contributed by atoms with Crippen LogP contribution in [0.1, 0.15) is 16.7 Å². The van der Waals surface area contributed by atoms with Crippen LogP contribution in [0.3, 0.4) is 0 Å². The zero-order valence-corrected chi connectivity index (χ0v) is 17.1. The number of quaternary nitrogens is 1. The number of nitrogens with zero attached hydrogens (tertiary/aromatic N) is 2. The normalized spacial score (nSPS) is 14.5. The molecule has 0 saturated carbocycles. The first-order chi connectivity index (χ1) is 13.3. The number of likely N-dealkylation sites (N-methyl/N-ethyl adjacent to an activating group) is 1. The Hall–Kier alpha value is -2.71. The van der Waals surface area contributed by atoms with Crippen molar-refractivity contribution in [1.29, 1.82) is 0 Å². The minimum absolute atomic E-state index is 0.0186. The van der Waals surface area contributed by atoms with Gasteiger partial charge >= 0.3 is 0 Å². The summed E-state index contributed by atoms with van der Waals surface area (Å²) < 4.78 is 28.1. The summed E-state index contributed by atoms with van der Waals surface area (Å²) in [5.41, 5.74) is 2.78. The first-order valence-electron chi connectivity index (χ1n) is 9.05. The van der Waals surface area contributed by atoms with Gasteiger partial charge in [0.1, 0.15) is 11.4 Å². The minimum Gasteiger partial charge on any atom is -0.350 e. The second-order valence-electron chi connectivity index (χ2n) is 7.22. The molecular formula is C20H25N4O3S+. The Labute approximate surface area is 165 Å². The SMILES string of the molecule is CN(CC(=O)NCc1ccc(C[NH+](C)C)cc1)C1=NS(=O)(=O)c2ccccc21. The van der Waals surface area contributed by atoms with Gasteiger partial charge in [-0.1, -0.05) is 36.4 Å². The molecule has 7 nitrogen and oxygen atoms in total. The fourth-order valence-electron chi connectivity index (χ4n) is 3.09. The summed E-state index contributed by atoms with van der Waals surface area (Å²) in [5.74, 6) is 0.0927. The van der Waals surface area contributed by atoms with E-state index in [1.165, 1.54) is 16.5 Å². The molecule has 1 heterocycles. The molecule has 0 radical (unpaired) electrons.